The molecule has 3 rings (SSSR count). The van der Waals surface area contributed by atoms with Crippen LogP contribution in [0.2, 0.25) is 0 Å². The van der Waals surface area contributed by atoms with Crippen LogP contribution in [0.15, 0.2) is 54.6 Å². The Morgan fingerprint density at radius 1 is 0.846 bits per heavy atom. The van der Waals surface area contributed by atoms with Crippen LogP contribution in [0, 0.1) is 0 Å². The second-order valence-electron chi connectivity index (χ2n) is 6.10. The zero-order valence-electron chi connectivity index (χ0n) is 14.2. The smallest absolute Gasteiger partial charge is 0.254 e. The summed E-state index contributed by atoms with van der Waals surface area (Å²) in [5.41, 5.74) is 1.18. The van der Waals surface area contributed by atoms with E-state index in [-0.39, 0.29) is 28.9 Å². The van der Waals surface area contributed by atoms with Crippen molar-refractivity contribution in [3.05, 3.63) is 65.7 Å². The maximum atomic E-state index is 12.5. The van der Waals surface area contributed by atoms with Crippen molar-refractivity contribution in [3.8, 4) is 11.5 Å². The first-order chi connectivity index (χ1) is 12.5. The van der Waals surface area contributed by atoms with E-state index in [1.165, 1.54) is 18.2 Å². The number of phenolic OH excluding ortho intramolecular Hbond substituents is 2. The molecule has 2 aromatic rings. The van der Waals surface area contributed by atoms with Gasteiger partial charge in [-0.3, -0.25) is 9.59 Å². The highest BCUT2D eigenvalue weighted by Crippen LogP contribution is 2.22. The fourth-order valence-corrected chi connectivity index (χ4v) is 2.87. The van der Waals surface area contributed by atoms with Gasteiger partial charge in [0.1, 0.15) is 11.5 Å². The molecule has 1 fully saturated rings. The zero-order valence-corrected chi connectivity index (χ0v) is 14.2. The highest BCUT2D eigenvalue weighted by molar-refractivity contribution is 5.95. The number of benzene rings is 2. The summed E-state index contributed by atoms with van der Waals surface area (Å²) < 4.78 is 0. The van der Waals surface area contributed by atoms with Gasteiger partial charge < -0.3 is 20.0 Å². The Morgan fingerprint density at radius 3 is 2.04 bits per heavy atom. The van der Waals surface area contributed by atoms with E-state index in [0.29, 0.717) is 26.2 Å². The van der Waals surface area contributed by atoms with Crippen molar-refractivity contribution in [3.63, 3.8) is 0 Å². The van der Waals surface area contributed by atoms with Gasteiger partial charge in [-0.1, -0.05) is 30.3 Å². The number of piperazine rings is 1. The first kappa shape index (κ1) is 17.5. The van der Waals surface area contributed by atoms with Crippen LogP contribution < -0.4 is 0 Å². The predicted octanol–water partition coefficient (Wildman–Crippen LogP) is 2.10. The standard InChI is InChI=1S/C20H20N2O4/c23-17-12-16(13-18(24)14-17)20(26)22-10-8-21(9-11-22)19(25)7-6-15-4-2-1-3-5-15/h1-7,12-14,23-24H,8-11H2/b7-6+. The van der Waals surface area contributed by atoms with E-state index in [0.717, 1.165) is 5.56 Å². The molecule has 26 heavy (non-hydrogen) atoms. The Morgan fingerprint density at radius 2 is 1.42 bits per heavy atom. The first-order valence-electron chi connectivity index (χ1n) is 8.37. The minimum Gasteiger partial charge on any atom is -0.508 e. The molecule has 0 aromatic heterocycles. The highest BCUT2D eigenvalue weighted by Gasteiger charge is 2.24. The molecular formula is C20H20N2O4. The summed E-state index contributed by atoms with van der Waals surface area (Å²) in [5, 5.41) is 19.0. The number of hydrogen-bond donors (Lipinski definition) is 2. The summed E-state index contributed by atoms with van der Waals surface area (Å²) in [6.07, 6.45) is 3.31. The van der Waals surface area contributed by atoms with Crippen molar-refractivity contribution in [1.82, 2.24) is 9.80 Å². The summed E-state index contributed by atoms with van der Waals surface area (Å²) in [5.74, 6) is -0.680. The van der Waals surface area contributed by atoms with Gasteiger partial charge in [0.2, 0.25) is 5.91 Å². The summed E-state index contributed by atoms with van der Waals surface area (Å²) in [7, 11) is 0. The van der Waals surface area contributed by atoms with Crippen molar-refractivity contribution in [1.29, 1.82) is 0 Å². The lowest BCUT2D eigenvalue weighted by atomic mass is 10.1. The van der Waals surface area contributed by atoms with Gasteiger partial charge in [-0.15, -0.1) is 0 Å². The van der Waals surface area contributed by atoms with Gasteiger partial charge in [0.25, 0.3) is 5.91 Å². The van der Waals surface area contributed by atoms with Gasteiger partial charge in [-0.05, 0) is 23.8 Å². The maximum Gasteiger partial charge on any atom is 0.254 e. The first-order valence-corrected chi connectivity index (χ1v) is 8.37. The summed E-state index contributed by atoms with van der Waals surface area (Å²) in [6, 6.07) is 13.4. The number of aromatic hydroxyl groups is 2. The quantitative estimate of drug-likeness (QED) is 0.829. The maximum absolute atomic E-state index is 12.5. The molecule has 134 valence electrons. The molecule has 0 spiro atoms. The molecule has 0 atom stereocenters. The van der Waals surface area contributed by atoms with Crippen molar-refractivity contribution in [2.24, 2.45) is 0 Å². The second kappa shape index (κ2) is 7.74. The van der Waals surface area contributed by atoms with Crippen LogP contribution in [0.5, 0.6) is 11.5 Å². The Labute approximate surface area is 151 Å². The van der Waals surface area contributed by atoms with Crippen LogP contribution >= 0.6 is 0 Å². The van der Waals surface area contributed by atoms with Gasteiger partial charge in [-0.2, -0.15) is 0 Å². The van der Waals surface area contributed by atoms with E-state index in [1.807, 2.05) is 30.3 Å². The van der Waals surface area contributed by atoms with E-state index in [4.69, 9.17) is 0 Å². The Balaban J connectivity index is 1.57. The molecule has 0 radical (unpaired) electrons. The molecule has 6 heteroatoms. The molecular weight excluding hydrogens is 332 g/mol. The monoisotopic (exact) mass is 352 g/mol. The van der Waals surface area contributed by atoms with Crippen LogP contribution in [0.4, 0.5) is 0 Å². The van der Waals surface area contributed by atoms with Crippen molar-refractivity contribution >= 4 is 17.9 Å². The summed E-state index contributed by atoms with van der Waals surface area (Å²) in [6.45, 7) is 1.68. The number of rotatable bonds is 3. The molecule has 2 amide bonds. The van der Waals surface area contributed by atoms with Gasteiger partial charge in [-0.25, -0.2) is 0 Å². The number of nitrogens with zero attached hydrogens (tertiary/aromatic N) is 2. The number of carbonyl (C=O) groups excluding carboxylic acids is 2. The van der Waals surface area contributed by atoms with Crippen LogP contribution in [-0.4, -0.2) is 58.0 Å². The van der Waals surface area contributed by atoms with Crippen LogP contribution in [-0.2, 0) is 4.79 Å². The van der Waals surface area contributed by atoms with E-state index in [2.05, 4.69) is 0 Å². The van der Waals surface area contributed by atoms with Gasteiger partial charge in [0, 0.05) is 43.9 Å². The molecule has 0 aliphatic carbocycles. The van der Waals surface area contributed by atoms with Crippen molar-refractivity contribution < 1.29 is 19.8 Å². The highest BCUT2D eigenvalue weighted by atomic mass is 16.3. The average Bonchev–Trinajstić information content (AvgIpc) is 2.65. The number of hydrogen-bond acceptors (Lipinski definition) is 4. The van der Waals surface area contributed by atoms with Crippen LogP contribution in [0.1, 0.15) is 15.9 Å². The normalized spacial score (nSPS) is 14.6. The molecule has 0 bridgehead atoms. The molecule has 1 aliphatic rings. The number of carbonyl (C=O) groups is 2. The van der Waals surface area contributed by atoms with E-state index < -0.39 is 0 Å². The second-order valence-corrected chi connectivity index (χ2v) is 6.10. The van der Waals surface area contributed by atoms with E-state index in [9.17, 15) is 19.8 Å². The average molecular weight is 352 g/mol. The van der Waals surface area contributed by atoms with Crippen molar-refractivity contribution in [2.75, 3.05) is 26.2 Å². The minimum absolute atomic E-state index is 0.0871. The van der Waals surface area contributed by atoms with Crippen molar-refractivity contribution in [2.45, 2.75) is 0 Å². The molecule has 1 saturated heterocycles. The molecule has 0 saturated carbocycles. The van der Waals surface area contributed by atoms with Crippen LogP contribution in [0.25, 0.3) is 6.08 Å². The molecule has 1 heterocycles. The minimum atomic E-state index is -0.275. The molecule has 6 nitrogen and oxygen atoms in total. The topological polar surface area (TPSA) is 81.1 Å². The van der Waals surface area contributed by atoms with E-state index in [1.54, 1.807) is 22.0 Å². The third-order valence-corrected chi connectivity index (χ3v) is 4.25. The third-order valence-electron chi connectivity index (χ3n) is 4.25. The zero-order chi connectivity index (χ0) is 18.5. The number of phenols is 2. The van der Waals surface area contributed by atoms with E-state index >= 15 is 0 Å². The largest absolute Gasteiger partial charge is 0.508 e. The summed E-state index contributed by atoms with van der Waals surface area (Å²) in [4.78, 5) is 28.1. The lowest BCUT2D eigenvalue weighted by Gasteiger charge is -2.34. The molecule has 2 N–H and O–H groups in total. The lowest BCUT2D eigenvalue weighted by Crippen LogP contribution is -2.50. The van der Waals surface area contributed by atoms with Gasteiger partial charge in [0.15, 0.2) is 0 Å². The third kappa shape index (κ3) is 4.22. The molecule has 1 aliphatic heterocycles. The van der Waals surface area contributed by atoms with Gasteiger partial charge >= 0.3 is 0 Å². The lowest BCUT2D eigenvalue weighted by molar-refractivity contribution is -0.127. The summed E-state index contributed by atoms with van der Waals surface area (Å²) >= 11 is 0. The Bertz CT molecular complexity index is 805. The van der Waals surface area contributed by atoms with Crippen LogP contribution in [0.3, 0.4) is 0 Å². The Kier molecular flexibility index (Phi) is 5.22. The number of amides is 2. The van der Waals surface area contributed by atoms with Gasteiger partial charge in [0.05, 0.1) is 0 Å². The molecule has 0 unspecified atom stereocenters. The fraction of sp³-hybridized carbons (Fsp3) is 0.200. The fourth-order valence-electron chi connectivity index (χ4n) is 2.87. The predicted molar refractivity (Wildman–Crippen MR) is 97.7 cm³/mol. The Hall–Kier alpha value is -3.28. The molecule has 2 aromatic carbocycles. The SMILES string of the molecule is O=C(/C=C/c1ccccc1)N1CCN(C(=O)c2cc(O)cc(O)c2)CC1.